The zero-order valence-corrected chi connectivity index (χ0v) is 17.1. The predicted octanol–water partition coefficient (Wildman–Crippen LogP) is 3.44. The number of nitrogens with one attached hydrogen (secondary N) is 2. The molecule has 2 aromatic rings. The molecule has 2 aromatic carbocycles. The molecule has 1 saturated heterocycles. The van der Waals surface area contributed by atoms with E-state index in [9.17, 15) is 9.59 Å². The van der Waals surface area contributed by atoms with Crippen LogP contribution in [0.15, 0.2) is 48.5 Å². The zero-order valence-electron chi connectivity index (χ0n) is 17.1. The van der Waals surface area contributed by atoms with Gasteiger partial charge in [0.05, 0.1) is 5.56 Å². The molecule has 0 spiro atoms. The number of ether oxygens (including phenoxy) is 1. The highest BCUT2D eigenvalue weighted by Crippen LogP contribution is 2.28. The third-order valence-corrected chi connectivity index (χ3v) is 5.22. The lowest BCUT2D eigenvalue weighted by atomic mass is 9.97. The number of amides is 2. The van der Waals surface area contributed by atoms with E-state index in [0.29, 0.717) is 23.7 Å². The molecular weight excluding hydrogens is 366 g/mol. The van der Waals surface area contributed by atoms with Crippen LogP contribution in [0.4, 0.5) is 11.4 Å². The fourth-order valence-corrected chi connectivity index (χ4v) is 3.52. The molecule has 29 heavy (non-hydrogen) atoms. The summed E-state index contributed by atoms with van der Waals surface area (Å²) in [4.78, 5) is 27.2. The standard InChI is InChI=1S/C23H29N3O3/c1-17-10-12-26(13-11-17)21-9-8-19(25-22(27)16-29-2)14-20(21)23(28)24-15-18-6-4-3-5-7-18/h3-9,14,17H,10-13,15-16H2,1-2H3,(H,24,28)(H,25,27). The zero-order chi connectivity index (χ0) is 20.6. The number of hydrogen-bond donors (Lipinski definition) is 2. The first-order valence-corrected chi connectivity index (χ1v) is 10.1. The van der Waals surface area contributed by atoms with E-state index >= 15 is 0 Å². The van der Waals surface area contributed by atoms with Crippen molar-refractivity contribution in [2.45, 2.75) is 26.3 Å². The number of anilines is 2. The third kappa shape index (κ3) is 5.81. The van der Waals surface area contributed by atoms with Crippen molar-refractivity contribution in [2.75, 3.05) is 37.0 Å². The summed E-state index contributed by atoms with van der Waals surface area (Å²) in [5, 5.41) is 5.79. The molecule has 154 valence electrons. The van der Waals surface area contributed by atoms with Crippen molar-refractivity contribution in [1.82, 2.24) is 5.32 Å². The van der Waals surface area contributed by atoms with E-state index in [0.717, 1.165) is 37.2 Å². The Bertz CT molecular complexity index is 831. The number of methoxy groups -OCH3 is 1. The Hall–Kier alpha value is -2.86. The van der Waals surface area contributed by atoms with Crippen LogP contribution in [0.25, 0.3) is 0 Å². The van der Waals surface area contributed by atoms with Crippen LogP contribution in [0.3, 0.4) is 0 Å². The summed E-state index contributed by atoms with van der Waals surface area (Å²) in [6.07, 6.45) is 2.22. The van der Waals surface area contributed by atoms with Crippen molar-refractivity contribution >= 4 is 23.2 Å². The molecule has 0 atom stereocenters. The van der Waals surface area contributed by atoms with E-state index in [4.69, 9.17) is 4.74 Å². The van der Waals surface area contributed by atoms with Crippen LogP contribution >= 0.6 is 0 Å². The van der Waals surface area contributed by atoms with Crippen LogP contribution in [-0.4, -0.2) is 38.6 Å². The maximum atomic E-state index is 13.0. The van der Waals surface area contributed by atoms with E-state index in [1.54, 1.807) is 6.07 Å². The summed E-state index contributed by atoms with van der Waals surface area (Å²) in [7, 11) is 1.47. The van der Waals surface area contributed by atoms with Gasteiger partial charge in [0, 0.05) is 38.1 Å². The van der Waals surface area contributed by atoms with E-state index in [2.05, 4.69) is 22.5 Å². The van der Waals surface area contributed by atoms with Crippen molar-refractivity contribution in [3.8, 4) is 0 Å². The number of carbonyl (C=O) groups is 2. The van der Waals surface area contributed by atoms with E-state index in [1.165, 1.54) is 7.11 Å². The average Bonchev–Trinajstić information content (AvgIpc) is 2.73. The third-order valence-electron chi connectivity index (χ3n) is 5.22. The lowest BCUT2D eigenvalue weighted by molar-refractivity contribution is -0.119. The molecule has 1 aliphatic heterocycles. The SMILES string of the molecule is COCC(=O)Nc1ccc(N2CCC(C)CC2)c(C(=O)NCc2ccccc2)c1. The number of nitrogens with zero attached hydrogens (tertiary/aromatic N) is 1. The molecular formula is C23H29N3O3. The van der Waals surface area contributed by atoms with Crippen LogP contribution in [0.2, 0.25) is 0 Å². The van der Waals surface area contributed by atoms with Crippen LogP contribution in [-0.2, 0) is 16.1 Å². The molecule has 2 amide bonds. The van der Waals surface area contributed by atoms with Crippen LogP contribution in [0.5, 0.6) is 0 Å². The Balaban J connectivity index is 1.81. The first-order valence-electron chi connectivity index (χ1n) is 10.1. The number of benzene rings is 2. The van der Waals surface area contributed by atoms with E-state index in [1.807, 2.05) is 42.5 Å². The Morgan fingerprint density at radius 1 is 1.10 bits per heavy atom. The molecule has 2 N–H and O–H groups in total. The largest absolute Gasteiger partial charge is 0.375 e. The second-order valence-electron chi connectivity index (χ2n) is 7.55. The maximum Gasteiger partial charge on any atom is 0.253 e. The second-order valence-corrected chi connectivity index (χ2v) is 7.55. The lowest BCUT2D eigenvalue weighted by Gasteiger charge is -2.33. The molecule has 0 saturated carbocycles. The van der Waals surface area contributed by atoms with Gasteiger partial charge in [0.1, 0.15) is 6.61 Å². The molecule has 0 bridgehead atoms. The van der Waals surface area contributed by atoms with Gasteiger partial charge in [-0.15, -0.1) is 0 Å². The van der Waals surface area contributed by atoms with Crippen molar-refractivity contribution in [3.63, 3.8) is 0 Å². The minimum Gasteiger partial charge on any atom is -0.375 e. The minimum absolute atomic E-state index is 0.0265. The van der Waals surface area contributed by atoms with Gasteiger partial charge in [-0.05, 0) is 42.5 Å². The molecule has 0 radical (unpaired) electrons. The average molecular weight is 396 g/mol. The molecule has 1 aliphatic rings. The fraction of sp³-hybridized carbons (Fsp3) is 0.391. The van der Waals surface area contributed by atoms with Gasteiger partial charge in [0.2, 0.25) is 5.91 Å². The van der Waals surface area contributed by atoms with Gasteiger partial charge in [-0.25, -0.2) is 0 Å². The molecule has 6 heteroatoms. The summed E-state index contributed by atoms with van der Waals surface area (Å²) in [6, 6.07) is 15.3. The first kappa shape index (κ1) is 20.9. The van der Waals surface area contributed by atoms with Gasteiger partial charge in [-0.2, -0.15) is 0 Å². The molecule has 1 fully saturated rings. The smallest absolute Gasteiger partial charge is 0.253 e. The van der Waals surface area contributed by atoms with Gasteiger partial charge >= 0.3 is 0 Å². The van der Waals surface area contributed by atoms with E-state index in [-0.39, 0.29) is 18.4 Å². The summed E-state index contributed by atoms with van der Waals surface area (Å²) < 4.78 is 4.87. The predicted molar refractivity (Wildman–Crippen MR) is 115 cm³/mol. The highest BCUT2D eigenvalue weighted by Gasteiger charge is 2.22. The lowest BCUT2D eigenvalue weighted by Crippen LogP contribution is -2.35. The Morgan fingerprint density at radius 3 is 2.52 bits per heavy atom. The Labute approximate surface area is 172 Å². The summed E-state index contributed by atoms with van der Waals surface area (Å²) in [6.45, 7) is 4.54. The molecule has 3 rings (SSSR count). The Morgan fingerprint density at radius 2 is 1.83 bits per heavy atom. The Kier molecular flexibility index (Phi) is 7.25. The second kappa shape index (κ2) is 10.1. The van der Waals surface area contributed by atoms with Gasteiger partial charge < -0.3 is 20.3 Å². The summed E-state index contributed by atoms with van der Waals surface area (Å²) in [5.74, 6) is 0.308. The maximum absolute atomic E-state index is 13.0. The summed E-state index contributed by atoms with van der Waals surface area (Å²) in [5.41, 5.74) is 3.11. The first-order chi connectivity index (χ1) is 14.1. The van der Waals surface area contributed by atoms with Crippen molar-refractivity contribution < 1.29 is 14.3 Å². The van der Waals surface area contributed by atoms with Crippen molar-refractivity contribution in [3.05, 3.63) is 59.7 Å². The number of hydrogen-bond acceptors (Lipinski definition) is 4. The van der Waals surface area contributed by atoms with Gasteiger partial charge in [0.25, 0.3) is 5.91 Å². The van der Waals surface area contributed by atoms with Gasteiger partial charge in [0.15, 0.2) is 0 Å². The topological polar surface area (TPSA) is 70.7 Å². The van der Waals surface area contributed by atoms with Crippen LogP contribution in [0.1, 0.15) is 35.7 Å². The molecule has 0 unspecified atom stereocenters. The van der Waals surface area contributed by atoms with Gasteiger partial charge in [-0.3, -0.25) is 9.59 Å². The normalized spacial score (nSPS) is 14.5. The van der Waals surface area contributed by atoms with E-state index < -0.39 is 0 Å². The van der Waals surface area contributed by atoms with Crippen LogP contribution < -0.4 is 15.5 Å². The number of rotatable bonds is 7. The summed E-state index contributed by atoms with van der Waals surface area (Å²) >= 11 is 0. The molecule has 0 aliphatic carbocycles. The van der Waals surface area contributed by atoms with Crippen LogP contribution in [0, 0.1) is 5.92 Å². The molecule has 6 nitrogen and oxygen atoms in total. The monoisotopic (exact) mass is 395 g/mol. The molecule has 0 aromatic heterocycles. The van der Waals surface area contributed by atoms with Gasteiger partial charge in [-0.1, -0.05) is 37.3 Å². The minimum atomic E-state index is -0.248. The molecule has 1 heterocycles. The highest BCUT2D eigenvalue weighted by molar-refractivity contribution is 6.02. The van der Waals surface area contributed by atoms with Crippen molar-refractivity contribution in [2.24, 2.45) is 5.92 Å². The number of carbonyl (C=O) groups excluding carboxylic acids is 2. The number of piperidine rings is 1. The highest BCUT2D eigenvalue weighted by atomic mass is 16.5. The quantitative estimate of drug-likeness (QED) is 0.753. The fourth-order valence-electron chi connectivity index (χ4n) is 3.52. The van der Waals surface area contributed by atoms with Crippen molar-refractivity contribution in [1.29, 1.82) is 0 Å².